The molecule has 0 aliphatic carbocycles. The summed E-state index contributed by atoms with van der Waals surface area (Å²) in [4.78, 5) is 12.0. The summed E-state index contributed by atoms with van der Waals surface area (Å²) in [6.07, 6.45) is 1.65. The predicted octanol–water partition coefficient (Wildman–Crippen LogP) is 3.43. The van der Waals surface area contributed by atoms with Crippen molar-refractivity contribution in [3.05, 3.63) is 76.6 Å². The normalized spacial score (nSPS) is 10.9. The highest BCUT2D eigenvalue weighted by atomic mass is 16.5. The number of carbonyl (C=O) groups is 1. The number of rotatable bonds is 8. The van der Waals surface area contributed by atoms with E-state index in [1.54, 1.807) is 13.3 Å². The first-order valence-corrected chi connectivity index (χ1v) is 9.75. The SMILES string of the molecule is COc1ccc(NCC(=O)N/N=C\c2c(C)nn(Cc3ccc(C)cc3)c2C)cc1. The first kappa shape index (κ1) is 21.1. The molecule has 3 aromatic rings. The van der Waals surface area contributed by atoms with E-state index in [-0.39, 0.29) is 12.5 Å². The summed E-state index contributed by atoms with van der Waals surface area (Å²) < 4.78 is 7.07. The topological polar surface area (TPSA) is 80.5 Å². The van der Waals surface area contributed by atoms with Gasteiger partial charge in [0, 0.05) is 16.9 Å². The monoisotopic (exact) mass is 405 g/mol. The second-order valence-corrected chi connectivity index (χ2v) is 7.10. The molecule has 1 amide bonds. The average molecular weight is 406 g/mol. The van der Waals surface area contributed by atoms with Gasteiger partial charge in [-0.05, 0) is 50.6 Å². The molecule has 7 heteroatoms. The van der Waals surface area contributed by atoms with Crippen molar-refractivity contribution in [1.82, 2.24) is 15.2 Å². The van der Waals surface area contributed by atoms with Gasteiger partial charge in [-0.3, -0.25) is 9.48 Å². The maximum Gasteiger partial charge on any atom is 0.259 e. The van der Waals surface area contributed by atoms with Gasteiger partial charge < -0.3 is 10.1 Å². The van der Waals surface area contributed by atoms with Crippen molar-refractivity contribution in [2.24, 2.45) is 5.10 Å². The van der Waals surface area contributed by atoms with Gasteiger partial charge >= 0.3 is 0 Å². The Bertz CT molecular complexity index is 1020. The van der Waals surface area contributed by atoms with Crippen LogP contribution in [0.2, 0.25) is 0 Å². The number of nitrogens with one attached hydrogen (secondary N) is 2. The third kappa shape index (κ3) is 5.47. The third-order valence-corrected chi connectivity index (χ3v) is 4.82. The van der Waals surface area contributed by atoms with Gasteiger partial charge in [0.1, 0.15) is 5.75 Å². The second-order valence-electron chi connectivity index (χ2n) is 7.10. The number of amides is 1. The van der Waals surface area contributed by atoms with E-state index in [1.165, 1.54) is 11.1 Å². The number of carbonyl (C=O) groups excluding carboxylic acids is 1. The number of aryl methyl sites for hydroxylation is 2. The largest absolute Gasteiger partial charge is 0.497 e. The summed E-state index contributed by atoms with van der Waals surface area (Å²) in [5.74, 6) is 0.535. The van der Waals surface area contributed by atoms with E-state index in [0.717, 1.165) is 28.4 Å². The van der Waals surface area contributed by atoms with Crippen molar-refractivity contribution in [2.75, 3.05) is 19.0 Å². The lowest BCUT2D eigenvalue weighted by atomic mass is 10.1. The van der Waals surface area contributed by atoms with Crippen LogP contribution in [0.15, 0.2) is 53.6 Å². The van der Waals surface area contributed by atoms with Gasteiger partial charge in [0.15, 0.2) is 0 Å². The van der Waals surface area contributed by atoms with E-state index in [4.69, 9.17) is 4.74 Å². The molecular weight excluding hydrogens is 378 g/mol. The summed E-state index contributed by atoms with van der Waals surface area (Å²) >= 11 is 0. The molecule has 2 aromatic carbocycles. The molecule has 0 atom stereocenters. The number of aromatic nitrogens is 2. The van der Waals surface area contributed by atoms with Crippen LogP contribution < -0.4 is 15.5 Å². The van der Waals surface area contributed by atoms with Crippen LogP contribution in [0.5, 0.6) is 5.75 Å². The number of anilines is 1. The fourth-order valence-electron chi connectivity index (χ4n) is 3.02. The van der Waals surface area contributed by atoms with E-state index >= 15 is 0 Å². The van der Waals surface area contributed by atoms with Gasteiger partial charge in [0.2, 0.25) is 0 Å². The molecular formula is C23H27N5O2. The lowest BCUT2D eigenvalue weighted by Gasteiger charge is -2.06. The zero-order valence-corrected chi connectivity index (χ0v) is 17.8. The average Bonchev–Trinajstić information content (AvgIpc) is 3.01. The van der Waals surface area contributed by atoms with E-state index in [0.29, 0.717) is 6.54 Å². The highest BCUT2D eigenvalue weighted by Gasteiger charge is 2.10. The quantitative estimate of drug-likeness (QED) is 0.444. The minimum absolute atomic E-state index is 0.119. The van der Waals surface area contributed by atoms with Crippen LogP contribution in [0.4, 0.5) is 5.69 Å². The molecule has 0 radical (unpaired) electrons. The molecule has 0 bridgehead atoms. The lowest BCUT2D eigenvalue weighted by molar-refractivity contribution is -0.119. The fourth-order valence-corrected chi connectivity index (χ4v) is 3.02. The van der Waals surface area contributed by atoms with Crippen LogP contribution >= 0.6 is 0 Å². The molecule has 156 valence electrons. The summed E-state index contributed by atoms with van der Waals surface area (Å²) in [5, 5.41) is 11.7. The molecule has 30 heavy (non-hydrogen) atoms. The van der Waals surface area contributed by atoms with Crippen molar-refractivity contribution in [3.63, 3.8) is 0 Å². The third-order valence-electron chi connectivity index (χ3n) is 4.82. The van der Waals surface area contributed by atoms with Gasteiger partial charge in [0.05, 0.1) is 32.1 Å². The predicted molar refractivity (Wildman–Crippen MR) is 119 cm³/mol. The number of hydrogen-bond donors (Lipinski definition) is 2. The van der Waals surface area contributed by atoms with Crippen molar-refractivity contribution < 1.29 is 9.53 Å². The molecule has 0 saturated heterocycles. The second kappa shape index (κ2) is 9.73. The Balaban J connectivity index is 1.55. The lowest BCUT2D eigenvalue weighted by Crippen LogP contribution is -2.25. The van der Waals surface area contributed by atoms with E-state index in [2.05, 4.69) is 52.1 Å². The smallest absolute Gasteiger partial charge is 0.259 e. The fraction of sp³-hybridized carbons (Fsp3) is 0.261. The summed E-state index contributed by atoms with van der Waals surface area (Å²) in [6.45, 7) is 6.82. The number of benzene rings is 2. The number of methoxy groups -OCH3 is 1. The van der Waals surface area contributed by atoms with Crippen molar-refractivity contribution >= 4 is 17.8 Å². The first-order chi connectivity index (χ1) is 14.5. The molecule has 0 fully saturated rings. The number of ether oxygens (including phenoxy) is 1. The molecule has 1 aromatic heterocycles. The van der Waals surface area contributed by atoms with Crippen molar-refractivity contribution in [1.29, 1.82) is 0 Å². The summed E-state index contributed by atoms with van der Waals surface area (Å²) in [5.41, 5.74) is 8.58. The molecule has 0 spiro atoms. The Morgan fingerprint density at radius 2 is 1.80 bits per heavy atom. The molecule has 0 saturated carbocycles. The molecule has 3 rings (SSSR count). The maximum atomic E-state index is 12.0. The van der Waals surface area contributed by atoms with E-state index in [9.17, 15) is 4.79 Å². The Kier molecular flexibility index (Phi) is 6.85. The Morgan fingerprint density at radius 1 is 1.10 bits per heavy atom. The van der Waals surface area contributed by atoms with Gasteiger partial charge in [-0.25, -0.2) is 5.43 Å². The highest BCUT2D eigenvalue weighted by Crippen LogP contribution is 2.15. The molecule has 0 aliphatic rings. The van der Waals surface area contributed by atoms with Crippen molar-refractivity contribution in [2.45, 2.75) is 27.3 Å². The Morgan fingerprint density at radius 3 is 2.47 bits per heavy atom. The van der Waals surface area contributed by atoms with Crippen LogP contribution in [0.25, 0.3) is 0 Å². The maximum absolute atomic E-state index is 12.0. The molecule has 1 heterocycles. The first-order valence-electron chi connectivity index (χ1n) is 9.75. The molecule has 7 nitrogen and oxygen atoms in total. The number of hydrazone groups is 1. The van der Waals surface area contributed by atoms with Gasteiger partial charge in [-0.1, -0.05) is 29.8 Å². The van der Waals surface area contributed by atoms with Crippen LogP contribution in [0.3, 0.4) is 0 Å². The summed E-state index contributed by atoms with van der Waals surface area (Å²) in [6, 6.07) is 15.8. The van der Waals surface area contributed by atoms with E-state index in [1.807, 2.05) is 42.8 Å². The number of hydrogen-bond acceptors (Lipinski definition) is 5. The standard InChI is InChI=1S/C23H27N5O2/c1-16-5-7-19(8-6-16)15-28-18(3)22(17(2)27-28)13-25-26-23(29)14-24-20-9-11-21(30-4)12-10-20/h5-13,24H,14-15H2,1-4H3,(H,26,29)/b25-13-. The zero-order valence-electron chi connectivity index (χ0n) is 17.8. The minimum Gasteiger partial charge on any atom is -0.497 e. The van der Waals surface area contributed by atoms with Crippen LogP contribution in [-0.4, -0.2) is 35.6 Å². The molecule has 0 unspecified atom stereocenters. The highest BCUT2D eigenvalue weighted by molar-refractivity contribution is 5.85. The summed E-state index contributed by atoms with van der Waals surface area (Å²) in [7, 11) is 1.61. The zero-order chi connectivity index (χ0) is 21.5. The Hall–Kier alpha value is -3.61. The van der Waals surface area contributed by atoms with Crippen LogP contribution in [0, 0.1) is 20.8 Å². The van der Waals surface area contributed by atoms with Crippen LogP contribution in [-0.2, 0) is 11.3 Å². The van der Waals surface area contributed by atoms with E-state index < -0.39 is 0 Å². The Labute approximate surface area is 176 Å². The van der Waals surface area contributed by atoms with Gasteiger partial charge in [-0.2, -0.15) is 10.2 Å². The minimum atomic E-state index is -0.232. The van der Waals surface area contributed by atoms with Gasteiger partial charge in [-0.15, -0.1) is 0 Å². The molecule has 0 aliphatic heterocycles. The molecule has 2 N–H and O–H groups in total. The van der Waals surface area contributed by atoms with Crippen LogP contribution in [0.1, 0.15) is 28.1 Å². The van der Waals surface area contributed by atoms with Crippen molar-refractivity contribution in [3.8, 4) is 5.75 Å². The number of nitrogens with zero attached hydrogens (tertiary/aromatic N) is 3. The van der Waals surface area contributed by atoms with Gasteiger partial charge in [0.25, 0.3) is 5.91 Å².